The predicted octanol–water partition coefficient (Wildman–Crippen LogP) is -3.62. The SMILES string of the molecule is COC(=O)CCCCCCCCO[C@@H]1O[C@H](CO)[C@@H](O[C@@H]2O[C@H](CO)[C@H](O[C@@H]3C[C@@H](O)[C@@H](O)[C@@H](CO)O3)[C@H](O)[C@H]2O)[C@H](O)[C@H]1O. The van der Waals surface area contributed by atoms with E-state index in [0.29, 0.717) is 12.8 Å². The summed E-state index contributed by atoms with van der Waals surface area (Å²) in [6.07, 6.45) is -15.1. The number of unbranched alkanes of at least 4 members (excludes halogenated alkanes) is 5. The first kappa shape index (κ1) is 38.3. The molecule has 264 valence electrons. The molecule has 0 amide bonds. The van der Waals surface area contributed by atoms with E-state index in [9.17, 15) is 50.8 Å². The lowest BCUT2D eigenvalue weighted by atomic mass is 9.96. The summed E-state index contributed by atoms with van der Waals surface area (Å²) in [4.78, 5) is 11.1. The molecule has 0 aromatic heterocycles. The Hall–Kier alpha value is -1.13. The van der Waals surface area contributed by atoms with Crippen LogP contribution in [0.2, 0.25) is 0 Å². The van der Waals surface area contributed by atoms with E-state index in [1.165, 1.54) is 7.11 Å². The number of aliphatic hydroxyl groups excluding tert-OH is 9. The van der Waals surface area contributed by atoms with Gasteiger partial charge in [0.2, 0.25) is 0 Å². The molecular formula is C28H50O17. The molecule has 17 heteroatoms. The van der Waals surface area contributed by atoms with Gasteiger partial charge in [-0.1, -0.05) is 25.7 Å². The molecular weight excluding hydrogens is 608 g/mol. The third-order valence-corrected chi connectivity index (χ3v) is 8.24. The predicted molar refractivity (Wildman–Crippen MR) is 148 cm³/mol. The average molecular weight is 659 g/mol. The Morgan fingerprint density at radius 2 is 1.18 bits per heavy atom. The van der Waals surface area contributed by atoms with Gasteiger partial charge < -0.3 is 79.1 Å². The van der Waals surface area contributed by atoms with Gasteiger partial charge >= 0.3 is 5.97 Å². The van der Waals surface area contributed by atoms with Gasteiger partial charge in [-0.3, -0.25) is 4.79 Å². The topological polar surface area (TPSA) is 264 Å². The second-order valence-corrected chi connectivity index (χ2v) is 11.5. The number of aliphatic hydroxyl groups is 9. The van der Waals surface area contributed by atoms with E-state index in [2.05, 4.69) is 4.74 Å². The van der Waals surface area contributed by atoms with Crippen molar-refractivity contribution in [1.82, 2.24) is 0 Å². The summed E-state index contributed by atoms with van der Waals surface area (Å²) >= 11 is 0. The van der Waals surface area contributed by atoms with Crippen LogP contribution in [0, 0.1) is 0 Å². The molecule has 17 nitrogen and oxygen atoms in total. The van der Waals surface area contributed by atoms with Crippen LogP contribution >= 0.6 is 0 Å². The molecule has 45 heavy (non-hydrogen) atoms. The standard InChI is InChI=1S/C28H50O17/c1-39-18(33)8-6-4-2-3-5-7-9-40-27-23(37)21(35)26(17(13-31)42-27)45-28-24(38)22(36)25(16(12-30)43-28)44-19-10-14(32)20(34)15(11-29)41-19/h14-17,19-32,34-38H,2-13H2,1H3/t14-,15-,16-,17-,19-,20-,21-,22-,23-,24-,25+,26-,27-,28+/m1/s1. The highest BCUT2D eigenvalue weighted by Gasteiger charge is 2.52. The molecule has 3 fully saturated rings. The van der Waals surface area contributed by atoms with E-state index < -0.39 is 106 Å². The van der Waals surface area contributed by atoms with Crippen LogP contribution in [-0.2, 0) is 38.0 Å². The molecule has 0 unspecified atom stereocenters. The van der Waals surface area contributed by atoms with Gasteiger partial charge in [-0.25, -0.2) is 0 Å². The highest BCUT2D eigenvalue weighted by atomic mass is 16.8. The van der Waals surface area contributed by atoms with Gasteiger partial charge in [-0.05, 0) is 12.8 Å². The van der Waals surface area contributed by atoms with Crippen molar-refractivity contribution in [3.8, 4) is 0 Å². The Labute approximate surface area is 261 Å². The van der Waals surface area contributed by atoms with Crippen molar-refractivity contribution in [2.24, 2.45) is 0 Å². The lowest BCUT2D eigenvalue weighted by molar-refractivity contribution is -0.372. The van der Waals surface area contributed by atoms with Crippen molar-refractivity contribution in [3.63, 3.8) is 0 Å². The molecule has 0 bridgehead atoms. The van der Waals surface area contributed by atoms with Crippen molar-refractivity contribution in [2.45, 2.75) is 137 Å². The van der Waals surface area contributed by atoms with Gasteiger partial charge in [0, 0.05) is 19.4 Å². The Morgan fingerprint density at radius 1 is 0.644 bits per heavy atom. The lowest BCUT2D eigenvalue weighted by Crippen LogP contribution is -2.65. The number of carbonyl (C=O) groups excluding carboxylic acids is 1. The third-order valence-electron chi connectivity index (χ3n) is 8.24. The van der Waals surface area contributed by atoms with Crippen LogP contribution in [-0.4, -0.2) is 171 Å². The maximum atomic E-state index is 11.1. The Kier molecular flexibility index (Phi) is 16.2. The van der Waals surface area contributed by atoms with Crippen molar-refractivity contribution in [2.75, 3.05) is 33.5 Å². The zero-order valence-corrected chi connectivity index (χ0v) is 25.4. The largest absolute Gasteiger partial charge is 0.469 e. The first-order chi connectivity index (χ1) is 21.6. The first-order valence-electron chi connectivity index (χ1n) is 15.4. The summed E-state index contributed by atoms with van der Waals surface area (Å²) < 4.78 is 38.2. The normalized spacial score (nSPS) is 40.8. The molecule has 3 aliphatic heterocycles. The van der Waals surface area contributed by atoms with Crippen LogP contribution in [0.4, 0.5) is 0 Å². The third kappa shape index (κ3) is 10.4. The molecule has 0 saturated carbocycles. The van der Waals surface area contributed by atoms with Gasteiger partial charge in [0.25, 0.3) is 0 Å². The van der Waals surface area contributed by atoms with Crippen LogP contribution < -0.4 is 0 Å². The van der Waals surface area contributed by atoms with E-state index in [1.54, 1.807) is 0 Å². The molecule has 3 saturated heterocycles. The minimum atomic E-state index is -1.82. The van der Waals surface area contributed by atoms with Gasteiger partial charge in [-0.2, -0.15) is 0 Å². The molecule has 0 aromatic carbocycles. The van der Waals surface area contributed by atoms with Gasteiger partial charge in [0.05, 0.1) is 33.0 Å². The minimum Gasteiger partial charge on any atom is -0.469 e. The first-order valence-corrected chi connectivity index (χ1v) is 15.4. The second kappa shape index (κ2) is 19.0. The van der Waals surface area contributed by atoms with Gasteiger partial charge in [-0.15, -0.1) is 0 Å². The van der Waals surface area contributed by atoms with Gasteiger partial charge in [0.15, 0.2) is 18.9 Å². The minimum absolute atomic E-state index is 0.205. The smallest absolute Gasteiger partial charge is 0.305 e. The molecule has 0 aromatic rings. The second-order valence-electron chi connectivity index (χ2n) is 11.5. The summed E-state index contributed by atoms with van der Waals surface area (Å²) in [5.41, 5.74) is 0. The van der Waals surface area contributed by atoms with Crippen LogP contribution in [0.3, 0.4) is 0 Å². The maximum absolute atomic E-state index is 11.1. The maximum Gasteiger partial charge on any atom is 0.305 e. The van der Waals surface area contributed by atoms with Crippen LogP contribution in [0.1, 0.15) is 51.4 Å². The Morgan fingerprint density at radius 3 is 1.78 bits per heavy atom. The Bertz CT molecular complexity index is 848. The zero-order valence-electron chi connectivity index (χ0n) is 25.4. The van der Waals surface area contributed by atoms with Crippen molar-refractivity contribution in [3.05, 3.63) is 0 Å². The Balaban J connectivity index is 1.49. The van der Waals surface area contributed by atoms with Crippen molar-refractivity contribution in [1.29, 1.82) is 0 Å². The van der Waals surface area contributed by atoms with E-state index in [1.807, 2.05) is 0 Å². The number of rotatable bonds is 17. The van der Waals surface area contributed by atoms with Crippen LogP contribution in [0.15, 0.2) is 0 Å². The number of ether oxygens (including phenoxy) is 7. The summed E-state index contributed by atoms with van der Waals surface area (Å²) in [5.74, 6) is -0.230. The quantitative estimate of drug-likeness (QED) is 0.0539. The highest BCUT2D eigenvalue weighted by molar-refractivity contribution is 5.68. The monoisotopic (exact) mass is 658 g/mol. The molecule has 0 aliphatic carbocycles. The molecule has 3 aliphatic rings. The highest BCUT2D eigenvalue weighted by Crippen LogP contribution is 2.32. The average Bonchev–Trinajstić information content (AvgIpc) is 3.04. The molecule has 3 heterocycles. The van der Waals surface area contributed by atoms with E-state index in [0.717, 1.165) is 32.1 Å². The molecule has 0 spiro atoms. The summed E-state index contributed by atoms with van der Waals surface area (Å²) in [6, 6.07) is 0. The number of methoxy groups -OCH3 is 1. The zero-order chi connectivity index (χ0) is 33.1. The number of carbonyl (C=O) groups is 1. The van der Waals surface area contributed by atoms with E-state index in [-0.39, 0.29) is 19.0 Å². The summed E-state index contributed by atoms with van der Waals surface area (Å²) in [6.45, 7) is -1.81. The van der Waals surface area contributed by atoms with E-state index in [4.69, 9.17) is 28.4 Å². The van der Waals surface area contributed by atoms with Crippen LogP contribution in [0.25, 0.3) is 0 Å². The molecule has 14 atom stereocenters. The lowest BCUT2D eigenvalue weighted by Gasteiger charge is -2.47. The summed E-state index contributed by atoms with van der Waals surface area (Å²) in [5, 5.41) is 92.3. The van der Waals surface area contributed by atoms with Gasteiger partial charge in [0.1, 0.15) is 61.0 Å². The van der Waals surface area contributed by atoms with Crippen molar-refractivity contribution >= 4 is 5.97 Å². The molecule has 0 radical (unpaired) electrons. The van der Waals surface area contributed by atoms with Crippen LogP contribution in [0.5, 0.6) is 0 Å². The molecule has 3 rings (SSSR count). The fourth-order valence-corrected chi connectivity index (χ4v) is 5.56. The fraction of sp³-hybridized carbons (Fsp3) is 0.964. The number of hydrogen-bond donors (Lipinski definition) is 9. The number of esters is 1. The number of hydrogen-bond acceptors (Lipinski definition) is 17. The molecule has 9 N–H and O–H groups in total. The fourth-order valence-electron chi connectivity index (χ4n) is 5.56. The van der Waals surface area contributed by atoms with E-state index >= 15 is 0 Å². The van der Waals surface area contributed by atoms with Crippen molar-refractivity contribution < 1.29 is 83.9 Å². The summed E-state index contributed by atoms with van der Waals surface area (Å²) in [7, 11) is 1.36.